The van der Waals surface area contributed by atoms with E-state index in [1.807, 2.05) is 25.3 Å². The van der Waals surface area contributed by atoms with Gasteiger partial charge in [0.25, 0.3) is 0 Å². The quantitative estimate of drug-likeness (QED) is 0.780. The molecule has 2 N–H and O–H groups in total. The summed E-state index contributed by atoms with van der Waals surface area (Å²) in [7, 11) is 1.66. The maximum Gasteiger partial charge on any atom is 0.214 e. The minimum Gasteiger partial charge on any atom is -0.496 e. The fourth-order valence-electron chi connectivity index (χ4n) is 2.19. The molecule has 0 aliphatic heterocycles. The zero-order valence-electron chi connectivity index (χ0n) is 11.0. The van der Waals surface area contributed by atoms with Crippen molar-refractivity contribution in [1.29, 1.82) is 0 Å². The molecule has 6 heteroatoms. The number of benzene rings is 1. The highest BCUT2D eigenvalue weighted by atomic mass is 32.1. The Bertz CT molecular complexity index is 759. The van der Waals surface area contributed by atoms with E-state index in [1.165, 1.54) is 11.3 Å². The van der Waals surface area contributed by atoms with Crippen LogP contribution in [0.1, 0.15) is 11.1 Å². The third-order valence-electron chi connectivity index (χ3n) is 2.99. The maximum atomic E-state index is 5.84. The molecular weight excluding hydrogens is 260 g/mol. The number of nitrogens with two attached hydrogens (primary N) is 1. The van der Waals surface area contributed by atoms with E-state index in [1.54, 1.807) is 11.6 Å². The molecule has 0 saturated heterocycles. The molecular formula is C13H14N4OS. The highest BCUT2D eigenvalue weighted by Crippen LogP contribution is 2.33. The average Bonchev–Trinajstić information content (AvgIpc) is 2.91. The summed E-state index contributed by atoms with van der Waals surface area (Å²) in [6.07, 6.45) is 0. The van der Waals surface area contributed by atoms with Crippen LogP contribution in [0.2, 0.25) is 0 Å². The van der Waals surface area contributed by atoms with Crippen LogP contribution in [0, 0.1) is 13.8 Å². The van der Waals surface area contributed by atoms with Gasteiger partial charge in [-0.25, -0.2) is 0 Å². The molecule has 19 heavy (non-hydrogen) atoms. The van der Waals surface area contributed by atoms with E-state index >= 15 is 0 Å². The average molecular weight is 274 g/mol. The van der Waals surface area contributed by atoms with Crippen molar-refractivity contribution >= 4 is 22.1 Å². The number of hydrogen-bond donors (Lipinski definition) is 1. The highest BCUT2D eigenvalue weighted by molar-refractivity contribution is 7.15. The fourth-order valence-corrected chi connectivity index (χ4v) is 2.90. The lowest BCUT2D eigenvalue weighted by Gasteiger charge is -2.10. The van der Waals surface area contributed by atoms with Crippen LogP contribution in [-0.4, -0.2) is 21.7 Å². The first-order chi connectivity index (χ1) is 9.10. The Labute approximate surface area is 114 Å². The zero-order chi connectivity index (χ0) is 13.6. The number of aryl methyl sites for hydroxylation is 2. The smallest absolute Gasteiger partial charge is 0.214 e. The fraction of sp³-hybridized carbons (Fsp3) is 0.231. The van der Waals surface area contributed by atoms with E-state index in [2.05, 4.69) is 16.1 Å². The van der Waals surface area contributed by atoms with Gasteiger partial charge in [-0.1, -0.05) is 6.07 Å². The molecule has 0 unspecified atom stereocenters. The summed E-state index contributed by atoms with van der Waals surface area (Å²) in [5.74, 6) is 2.03. The van der Waals surface area contributed by atoms with Crippen molar-refractivity contribution in [3.63, 3.8) is 0 Å². The molecule has 0 atom stereocenters. The molecule has 0 aliphatic carbocycles. The molecule has 3 aromatic rings. The van der Waals surface area contributed by atoms with Crippen molar-refractivity contribution in [2.75, 3.05) is 12.8 Å². The van der Waals surface area contributed by atoms with Gasteiger partial charge in [0, 0.05) is 5.38 Å². The first-order valence-electron chi connectivity index (χ1n) is 5.85. The lowest BCUT2D eigenvalue weighted by Crippen LogP contribution is -1.96. The molecule has 0 aliphatic rings. The molecule has 3 rings (SSSR count). The Morgan fingerprint density at radius 2 is 2.11 bits per heavy atom. The number of fused-ring (bicyclic) bond motifs is 1. The molecule has 0 saturated carbocycles. The largest absolute Gasteiger partial charge is 0.496 e. The van der Waals surface area contributed by atoms with E-state index in [9.17, 15) is 0 Å². The summed E-state index contributed by atoms with van der Waals surface area (Å²) >= 11 is 1.48. The van der Waals surface area contributed by atoms with Crippen molar-refractivity contribution in [2.45, 2.75) is 13.8 Å². The third-order valence-corrected chi connectivity index (χ3v) is 3.83. The van der Waals surface area contributed by atoms with Crippen LogP contribution in [0.5, 0.6) is 5.75 Å². The molecule has 2 heterocycles. The standard InChI is InChI=1S/C13H14N4OS/c1-7-4-8(2)11(9(5-7)18-3)12-15-13-17(16-12)10(14)6-19-13/h4-6H,14H2,1-3H3. The van der Waals surface area contributed by atoms with Crippen LogP contribution in [-0.2, 0) is 0 Å². The second kappa shape index (κ2) is 4.24. The predicted molar refractivity (Wildman–Crippen MR) is 76.7 cm³/mol. The number of aromatic nitrogens is 3. The summed E-state index contributed by atoms with van der Waals surface area (Å²) in [5.41, 5.74) is 9.00. The lowest BCUT2D eigenvalue weighted by atomic mass is 10.0. The number of thiazole rings is 1. The molecule has 0 amide bonds. The van der Waals surface area contributed by atoms with Crippen LogP contribution in [0.4, 0.5) is 5.82 Å². The van der Waals surface area contributed by atoms with E-state index < -0.39 is 0 Å². The Balaban J connectivity index is 2.25. The summed E-state index contributed by atoms with van der Waals surface area (Å²) in [6.45, 7) is 4.07. The highest BCUT2D eigenvalue weighted by Gasteiger charge is 2.16. The lowest BCUT2D eigenvalue weighted by molar-refractivity contribution is 0.415. The van der Waals surface area contributed by atoms with E-state index in [0.717, 1.165) is 27.4 Å². The normalized spacial score (nSPS) is 11.1. The third kappa shape index (κ3) is 1.84. The molecule has 2 aromatic heterocycles. The minimum atomic E-state index is 0.600. The van der Waals surface area contributed by atoms with Gasteiger partial charge in [0.15, 0.2) is 5.82 Å². The van der Waals surface area contributed by atoms with Crippen molar-refractivity contribution in [2.24, 2.45) is 0 Å². The maximum absolute atomic E-state index is 5.84. The molecule has 1 aromatic carbocycles. The number of rotatable bonds is 2. The Kier molecular flexibility index (Phi) is 2.67. The van der Waals surface area contributed by atoms with Gasteiger partial charge in [0.2, 0.25) is 4.96 Å². The molecule has 0 spiro atoms. The zero-order valence-corrected chi connectivity index (χ0v) is 11.8. The monoisotopic (exact) mass is 274 g/mol. The number of ether oxygens (including phenoxy) is 1. The van der Waals surface area contributed by atoms with Crippen molar-refractivity contribution < 1.29 is 4.74 Å². The van der Waals surface area contributed by atoms with Crippen LogP contribution in [0.3, 0.4) is 0 Å². The molecule has 0 bridgehead atoms. The molecule has 5 nitrogen and oxygen atoms in total. The van der Waals surface area contributed by atoms with Gasteiger partial charge in [-0.05, 0) is 31.0 Å². The van der Waals surface area contributed by atoms with Gasteiger partial charge >= 0.3 is 0 Å². The van der Waals surface area contributed by atoms with Gasteiger partial charge in [-0.15, -0.1) is 16.4 Å². The topological polar surface area (TPSA) is 65.4 Å². The first kappa shape index (κ1) is 12.0. The summed E-state index contributed by atoms with van der Waals surface area (Å²) in [4.78, 5) is 5.30. The van der Waals surface area contributed by atoms with E-state index in [0.29, 0.717) is 11.6 Å². The molecule has 98 valence electrons. The van der Waals surface area contributed by atoms with Gasteiger partial charge in [0.1, 0.15) is 11.6 Å². The second-order valence-corrected chi connectivity index (χ2v) is 5.29. The Morgan fingerprint density at radius 1 is 1.32 bits per heavy atom. The number of anilines is 1. The van der Waals surface area contributed by atoms with Crippen LogP contribution >= 0.6 is 11.3 Å². The van der Waals surface area contributed by atoms with E-state index in [-0.39, 0.29) is 0 Å². The Hall–Kier alpha value is -2.08. The van der Waals surface area contributed by atoms with Gasteiger partial charge < -0.3 is 10.5 Å². The number of nitrogen functional groups attached to an aromatic ring is 1. The van der Waals surface area contributed by atoms with Gasteiger partial charge in [-0.3, -0.25) is 0 Å². The number of methoxy groups -OCH3 is 1. The van der Waals surface area contributed by atoms with Gasteiger partial charge in [0.05, 0.1) is 12.7 Å². The van der Waals surface area contributed by atoms with Crippen molar-refractivity contribution in [1.82, 2.24) is 14.6 Å². The molecule has 0 radical (unpaired) electrons. The van der Waals surface area contributed by atoms with Crippen molar-refractivity contribution in [3.05, 3.63) is 28.6 Å². The summed E-state index contributed by atoms with van der Waals surface area (Å²) in [5, 5.41) is 6.28. The Morgan fingerprint density at radius 3 is 2.79 bits per heavy atom. The van der Waals surface area contributed by atoms with Gasteiger partial charge in [-0.2, -0.15) is 9.50 Å². The number of nitrogens with zero attached hydrogens (tertiary/aromatic N) is 3. The van der Waals surface area contributed by atoms with Crippen LogP contribution < -0.4 is 10.5 Å². The summed E-state index contributed by atoms with van der Waals surface area (Å²) in [6, 6.07) is 4.08. The molecule has 0 fully saturated rings. The summed E-state index contributed by atoms with van der Waals surface area (Å²) < 4.78 is 7.10. The van der Waals surface area contributed by atoms with E-state index in [4.69, 9.17) is 10.5 Å². The SMILES string of the molecule is COc1cc(C)cc(C)c1-c1nc2scc(N)n2n1. The second-order valence-electron chi connectivity index (χ2n) is 4.45. The van der Waals surface area contributed by atoms with Crippen LogP contribution in [0.25, 0.3) is 16.3 Å². The first-order valence-corrected chi connectivity index (χ1v) is 6.73. The van der Waals surface area contributed by atoms with Crippen LogP contribution in [0.15, 0.2) is 17.5 Å². The predicted octanol–water partition coefficient (Wildman–Crippen LogP) is 2.67. The van der Waals surface area contributed by atoms with Crippen molar-refractivity contribution in [3.8, 4) is 17.1 Å². The number of hydrogen-bond acceptors (Lipinski definition) is 5. The minimum absolute atomic E-state index is 0.600.